The number of carbonyl (C=O) groups excluding carboxylic acids is 6. The highest BCUT2D eigenvalue weighted by atomic mass is 32.1. The minimum atomic E-state index is -0.619. The van der Waals surface area contributed by atoms with Crippen LogP contribution in [0.15, 0.2) is 0 Å². The van der Waals surface area contributed by atoms with Crippen LogP contribution in [0.25, 0.3) is 0 Å². The molecule has 0 radical (unpaired) electrons. The zero-order chi connectivity index (χ0) is 36.3. The lowest BCUT2D eigenvalue weighted by Crippen LogP contribution is -2.30. The molecule has 0 spiro atoms. The van der Waals surface area contributed by atoms with E-state index < -0.39 is 24.1 Å². The predicted octanol–water partition coefficient (Wildman–Crippen LogP) is 6.66. The van der Waals surface area contributed by atoms with Gasteiger partial charge in [-0.2, -0.15) is 0 Å². The fourth-order valence-electron chi connectivity index (χ4n) is 4.91. The molecular formula is C34H50N4O8S2. The van der Waals surface area contributed by atoms with Gasteiger partial charge in [-0.05, 0) is 93.2 Å². The van der Waals surface area contributed by atoms with E-state index in [0.29, 0.717) is 59.9 Å². The Morgan fingerprint density at radius 3 is 1.19 bits per heavy atom. The number of thiophene rings is 2. The SMILES string of the molecule is CCN(CC)C(=O)c1sc(NC(=O)CCCCC(=O)Nc2sc(C(=O)N(CC)CC)c(C)c2C(=O)OC(C)C)c(C(=O)OC(C)C)c1C. The van der Waals surface area contributed by atoms with Crippen molar-refractivity contribution in [2.24, 2.45) is 0 Å². The Morgan fingerprint density at radius 1 is 0.604 bits per heavy atom. The first kappa shape index (κ1) is 40.4. The zero-order valence-electron chi connectivity index (χ0n) is 29.8. The summed E-state index contributed by atoms with van der Waals surface area (Å²) in [6.45, 7) is 19.7. The third-order valence-corrected chi connectivity index (χ3v) is 9.83. The molecule has 2 N–H and O–H groups in total. The first-order valence-corrected chi connectivity index (χ1v) is 18.1. The molecule has 48 heavy (non-hydrogen) atoms. The highest BCUT2D eigenvalue weighted by Gasteiger charge is 2.30. The maximum Gasteiger partial charge on any atom is 0.341 e. The molecule has 0 aliphatic heterocycles. The van der Waals surface area contributed by atoms with Crippen molar-refractivity contribution in [2.75, 3.05) is 36.8 Å². The Hall–Kier alpha value is -3.78. The quantitative estimate of drug-likeness (QED) is 0.137. The zero-order valence-corrected chi connectivity index (χ0v) is 31.4. The van der Waals surface area contributed by atoms with Crippen LogP contribution in [0.4, 0.5) is 10.0 Å². The number of carbonyl (C=O) groups is 6. The molecule has 2 rings (SSSR count). The number of hydrogen-bond acceptors (Lipinski definition) is 10. The molecule has 0 saturated heterocycles. The van der Waals surface area contributed by atoms with Crippen molar-refractivity contribution in [3.63, 3.8) is 0 Å². The van der Waals surface area contributed by atoms with Gasteiger partial charge in [0, 0.05) is 39.0 Å². The lowest BCUT2D eigenvalue weighted by molar-refractivity contribution is -0.118. The number of hydrogen-bond donors (Lipinski definition) is 2. The molecule has 0 bridgehead atoms. The Bertz CT molecular complexity index is 1380. The van der Waals surface area contributed by atoms with E-state index in [9.17, 15) is 28.8 Å². The summed E-state index contributed by atoms with van der Waals surface area (Å²) in [4.78, 5) is 82.1. The topological polar surface area (TPSA) is 151 Å². The maximum atomic E-state index is 13.1. The van der Waals surface area contributed by atoms with E-state index in [0.717, 1.165) is 22.7 Å². The molecule has 2 aromatic rings. The number of anilines is 2. The van der Waals surface area contributed by atoms with Gasteiger partial charge in [-0.1, -0.05) is 0 Å². The molecule has 266 valence electrons. The number of nitrogens with zero attached hydrogens (tertiary/aromatic N) is 2. The fourth-order valence-corrected chi connectivity index (χ4v) is 7.26. The van der Waals surface area contributed by atoms with Gasteiger partial charge in [-0.3, -0.25) is 19.2 Å². The van der Waals surface area contributed by atoms with Crippen molar-refractivity contribution in [1.82, 2.24) is 9.80 Å². The summed E-state index contributed by atoms with van der Waals surface area (Å²) < 4.78 is 10.8. The molecule has 0 atom stereocenters. The predicted molar refractivity (Wildman–Crippen MR) is 189 cm³/mol. The van der Waals surface area contributed by atoms with E-state index in [-0.39, 0.29) is 57.6 Å². The number of esters is 2. The average Bonchev–Trinajstić information content (AvgIpc) is 3.50. The van der Waals surface area contributed by atoms with E-state index in [1.807, 2.05) is 27.7 Å². The first-order chi connectivity index (χ1) is 22.6. The largest absolute Gasteiger partial charge is 0.459 e. The standard InChI is InChI=1S/C34H50N4O8S2/c1-11-37(12-2)31(41)27-21(9)25(33(43)45-19(5)6)29(47-27)35-23(39)17-15-16-18-24(40)36-30-26(34(44)46-20(7)8)22(10)28(48-30)32(42)38(13-3)14-4/h19-20H,11-18H2,1-10H3,(H,35,39)(H,36,40). The molecule has 0 aliphatic rings. The number of ether oxygens (including phenoxy) is 2. The summed E-state index contributed by atoms with van der Waals surface area (Å²) >= 11 is 2.09. The lowest BCUT2D eigenvalue weighted by Gasteiger charge is -2.18. The molecule has 0 fully saturated rings. The van der Waals surface area contributed by atoms with Gasteiger partial charge >= 0.3 is 11.9 Å². The molecule has 0 saturated carbocycles. The summed E-state index contributed by atoms with van der Waals surface area (Å²) in [5, 5.41) is 6.06. The number of nitrogens with one attached hydrogen (secondary N) is 2. The second kappa shape index (κ2) is 18.7. The van der Waals surface area contributed by atoms with Crippen molar-refractivity contribution in [3.05, 3.63) is 32.0 Å². The second-order valence-corrected chi connectivity index (χ2v) is 13.7. The van der Waals surface area contributed by atoms with Crippen LogP contribution in [0.5, 0.6) is 0 Å². The van der Waals surface area contributed by atoms with E-state index in [1.54, 1.807) is 51.3 Å². The van der Waals surface area contributed by atoms with Gasteiger partial charge in [0.25, 0.3) is 11.8 Å². The number of rotatable bonds is 17. The van der Waals surface area contributed by atoms with Gasteiger partial charge < -0.3 is 29.9 Å². The maximum absolute atomic E-state index is 13.1. The van der Waals surface area contributed by atoms with Crippen molar-refractivity contribution in [2.45, 2.75) is 107 Å². The van der Waals surface area contributed by atoms with Crippen LogP contribution < -0.4 is 10.6 Å². The van der Waals surface area contributed by atoms with Crippen LogP contribution in [0.1, 0.15) is 132 Å². The minimum Gasteiger partial charge on any atom is -0.459 e. The fraction of sp³-hybridized carbons (Fsp3) is 0.588. The highest BCUT2D eigenvalue weighted by molar-refractivity contribution is 7.19. The molecule has 4 amide bonds. The Morgan fingerprint density at radius 2 is 0.917 bits per heavy atom. The summed E-state index contributed by atoms with van der Waals surface area (Å²) in [6.07, 6.45) is 0.0653. The number of amides is 4. The van der Waals surface area contributed by atoms with Crippen LogP contribution in [0, 0.1) is 13.8 Å². The molecule has 2 heterocycles. The summed E-state index contributed by atoms with van der Waals surface area (Å²) in [5.74, 6) is -2.43. The highest BCUT2D eigenvalue weighted by Crippen LogP contribution is 2.36. The molecule has 0 aromatic carbocycles. The molecule has 14 heteroatoms. The van der Waals surface area contributed by atoms with Crippen molar-refractivity contribution in [1.29, 1.82) is 0 Å². The van der Waals surface area contributed by atoms with E-state index >= 15 is 0 Å². The normalized spacial score (nSPS) is 11.0. The van der Waals surface area contributed by atoms with Crippen molar-refractivity contribution < 1.29 is 38.2 Å². The average molecular weight is 707 g/mol. The Balaban J connectivity index is 2.14. The molecular weight excluding hydrogens is 657 g/mol. The molecule has 0 unspecified atom stereocenters. The van der Waals surface area contributed by atoms with Crippen LogP contribution in [0.3, 0.4) is 0 Å². The second-order valence-electron chi connectivity index (χ2n) is 11.7. The van der Waals surface area contributed by atoms with Gasteiger partial charge in [-0.15, -0.1) is 22.7 Å². The number of unbranched alkanes of at least 4 members (excludes halogenated alkanes) is 1. The molecule has 0 aliphatic carbocycles. The van der Waals surface area contributed by atoms with Crippen LogP contribution in [0.2, 0.25) is 0 Å². The third-order valence-electron chi connectivity index (χ3n) is 7.44. The van der Waals surface area contributed by atoms with Crippen LogP contribution in [-0.2, 0) is 19.1 Å². The molecule has 2 aromatic heterocycles. The van der Waals surface area contributed by atoms with E-state index in [4.69, 9.17) is 9.47 Å². The summed E-state index contributed by atoms with van der Waals surface area (Å²) in [6, 6.07) is 0. The Labute approximate surface area is 291 Å². The first-order valence-electron chi connectivity index (χ1n) is 16.5. The lowest BCUT2D eigenvalue weighted by atomic mass is 10.1. The van der Waals surface area contributed by atoms with Crippen molar-refractivity contribution >= 4 is 68.2 Å². The van der Waals surface area contributed by atoms with Gasteiger partial charge in [0.1, 0.15) is 10.0 Å². The molecule has 12 nitrogen and oxygen atoms in total. The smallest absolute Gasteiger partial charge is 0.341 e. The summed E-state index contributed by atoms with van der Waals surface area (Å²) in [7, 11) is 0. The van der Waals surface area contributed by atoms with E-state index in [2.05, 4.69) is 10.6 Å². The van der Waals surface area contributed by atoms with Crippen molar-refractivity contribution in [3.8, 4) is 0 Å². The van der Waals surface area contributed by atoms with Crippen LogP contribution in [-0.4, -0.2) is 83.8 Å². The van der Waals surface area contributed by atoms with Gasteiger partial charge in [0.05, 0.1) is 33.1 Å². The third kappa shape index (κ3) is 10.4. The van der Waals surface area contributed by atoms with Gasteiger partial charge in [0.15, 0.2) is 0 Å². The van der Waals surface area contributed by atoms with Gasteiger partial charge in [-0.25, -0.2) is 9.59 Å². The minimum absolute atomic E-state index is 0.0643. The van der Waals surface area contributed by atoms with Gasteiger partial charge in [0.2, 0.25) is 11.8 Å². The monoisotopic (exact) mass is 706 g/mol. The summed E-state index contributed by atoms with van der Waals surface area (Å²) in [5.41, 5.74) is 1.23. The van der Waals surface area contributed by atoms with Crippen LogP contribution >= 0.6 is 22.7 Å². The van der Waals surface area contributed by atoms with E-state index in [1.165, 1.54) is 0 Å². The Kier molecular flexibility index (Phi) is 15.7.